The molecule has 0 spiro atoms. The number of nitrogens with zero attached hydrogens (tertiary/aromatic N) is 3. The number of phenols is 1. The SMILES string of the molecule is N#Cc1ccc(Cn2nc(-c3ccc(O)cc3)c3c2CCNC3)cc1. The average Bonchev–Trinajstić information content (AvgIpc) is 3.02. The van der Waals surface area contributed by atoms with Crippen molar-refractivity contribution in [2.24, 2.45) is 0 Å². The Balaban J connectivity index is 1.72. The van der Waals surface area contributed by atoms with Crippen LogP contribution >= 0.6 is 0 Å². The third kappa shape index (κ3) is 3.00. The van der Waals surface area contributed by atoms with Gasteiger partial charge in [-0.05, 0) is 42.0 Å². The predicted molar refractivity (Wildman–Crippen MR) is 95.0 cm³/mol. The Labute approximate surface area is 146 Å². The molecule has 0 unspecified atom stereocenters. The van der Waals surface area contributed by atoms with Crippen LogP contribution in [0.1, 0.15) is 22.4 Å². The molecule has 2 N–H and O–H groups in total. The van der Waals surface area contributed by atoms with Crippen molar-refractivity contribution < 1.29 is 5.11 Å². The van der Waals surface area contributed by atoms with Gasteiger partial charge in [0.05, 0.1) is 23.9 Å². The van der Waals surface area contributed by atoms with Crippen molar-refractivity contribution >= 4 is 0 Å². The van der Waals surface area contributed by atoms with E-state index in [0.717, 1.165) is 36.3 Å². The number of nitrogens with one attached hydrogen (secondary N) is 1. The van der Waals surface area contributed by atoms with Crippen molar-refractivity contribution in [3.05, 3.63) is 70.9 Å². The molecule has 4 rings (SSSR count). The molecule has 25 heavy (non-hydrogen) atoms. The Kier molecular flexibility index (Phi) is 3.96. The number of rotatable bonds is 3. The summed E-state index contributed by atoms with van der Waals surface area (Å²) in [6.07, 6.45) is 0.941. The average molecular weight is 330 g/mol. The summed E-state index contributed by atoms with van der Waals surface area (Å²) >= 11 is 0. The molecule has 124 valence electrons. The van der Waals surface area contributed by atoms with Crippen LogP contribution in [0.25, 0.3) is 11.3 Å². The quantitative estimate of drug-likeness (QED) is 0.774. The summed E-state index contributed by atoms with van der Waals surface area (Å²) in [4.78, 5) is 0. The summed E-state index contributed by atoms with van der Waals surface area (Å²) in [5, 5.41) is 26.7. The molecule has 0 aliphatic carbocycles. The third-order valence-electron chi connectivity index (χ3n) is 4.56. The molecule has 0 saturated carbocycles. The number of aromatic hydroxyl groups is 1. The maximum atomic E-state index is 9.52. The van der Waals surface area contributed by atoms with E-state index in [1.807, 2.05) is 36.4 Å². The summed E-state index contributed by atoms with van der Waals surface area (Å²) in [6, 6.07) is 17.0. The number of benzene rings is 2. The number of hydrogen-bond acceptors (Lipinski definition) is 4. The minimum atomic E-state index is 0.257. The van der Waals surface area contributed by atoms with Crippen molar-refractivity contribution in [3.8, 4) is 23.1 Å². The van der Waals surface area contributed by atoms with Gasteiger partial charge in [-0.25, -0.2) is 0 Å². The van der Waals surface area contributed by atoms with Crippen molar-refractivity contribution in [2.75, 3.05) is 6.54 Å². The molecule has 0 bridgehead atoms. The highest BCUT2D eigenvalue weighted by atomic mass is 16.3. The fraction of sp³-hybridized carbons (Fsp3) is 0.200. The first-order valence-corrected chi connectivity index (χ1v) is 8.32. The van der Waals surface area contributed by atoms with Gasteiger partial charge in [-0.3, -0.25) is 4.68 Å². The van der Waals surface area contributed by atoms with Gasteiger partial charge in [0.1, 0.15) is 5.75 Å². The van der Waals surface area contributed by atoms with Gasteiger partial charge in [-0.2, -0.15) is 10.4 Å². The third-order valence-corrected chi connectivity index (χ3v) is 4.56. The smallest absolute Gasteiger partial charge is 0.115 e. The van der Waals surface area contributed by atoms with Gasteiger partial charge in [0.25, 0.3) is 0 Å². The van der Waals surface area contributed by atoms with Crippen LogP contribution < -0.4 is 5.32 Å². The first kappa shape index (κ1) is 15.4. The van der Waals surface area contributed by atoms with Gasteiger partial charge in [0.15, 0.2) is 0 Å². The van der Waals surface area contributed by atoms with Crippen LogP contribution in [0.15, 0.2) is 48.5 Å². The molecule has 5 nitrogen and oxygen atoms in total. The molecule has 2 heterocycles. The largest absolute Gasteiger partial charge is 0.508 e. The maximum Gasteiger partial charge on any atom is 0.115 e. The van der Waals surface area contributed by atoms with Crippen LogP contribution in [-0.2, 0) is 19.5 Å². The van der Waals surface area contributed by atoms with Crippen LogP contribution in [0.5, 0.6) is 5.75 Å². The molecule has 0 saturated heterocycles. The fourth-order valence-electron chi connectivity index (χ4n) is 3.26. The molecule has 2 aromatic carbocycles. The normalized spacial score (nSPS) is 13.2. The summed E-state index contributed by atoms with van der Waals surface area (Å²) in [5.74, 6) is 0.257. The van der Waals surface area contributed by atoms with E-state index >= 15 is 0 Å². The molecule has 0 radical (unpaired) electrons. The molecule has 3 aromatic rings. The van der Waals surface area contributed by atoms with Crippen LogP contribution in [0.3, 0.4) is 0 Å². The van der Waals surface area contributed by atoms with Gasteiger partial charge < -0.3 is 10.4 Å². The number of phenolic OH excluding ortho intramolecular Hbond substituents is 1. The second kappa shape index (κ2) is 6.42. The number of nitriles is 1. The lowest BCUT2D eigenvalue weighted by atomic mass is 10.0. The summed E-state index contributed by atoms with van der Waals surface area (Å²) in [7, 11) is 0. The minimum absolute atomic E-state index is 0.257. The first-order chi connectivity index (χ1) is 12.2. The van der Waals surface area contributed by atoms with Gasteiger partial charge in [-0.15, -0.1) is 0 Å². The van der Waals surface area contributed by atoms with Gasteiger partial charge >= 0.3 is 0 Å². The highest BCUT2D eigenvalue weighted by molar-refractivity contribution is 5.65. The molecule has 0 atom stereocenters. The Bertz CT molecular complexity index is 934. The molecular formula is C20H18N4O. The highest BCUT2D eigenvalue weighted by Gasteiger charge is 2.21. The van der Waals surface area contributed by atoms with E-state index in [9.17, 15) is 5.11 Å². The first-order valence-electron chi connectivity index (χ1n) is 8.32. The van der Waals surface area contributed by atoms with Crippen LogP contribution in [-0.4, -0.2) is 21.4 Å². The fourth-order valence-corrected chi connectivity index (χ4v) is 3.26. The second-order valence-electron chi connectivity index (χ2n) is 6.21. The zero-order chi connectivity index (χ0) is 17.2. The molecule has 0 amide bonds. The van der Waals surface area contributed by atoms with Gasteiger partial charge in [-0.1, -0.05) is 12.1 Å². The van der Waals surface area contributed by atoms with E-state index in [-0.39, 0.29) is 5.75 Å². The van der Waals surface area contributed by atoms with E-state index in [4.69, 9.17) is 10.4 Å². The number of hydrogen-bond donors (Lipinski definition) is 2. The Morgan fingerprint density at radius 3 is 2.60 bits per heavy atom. The lowest BCUT2D eigenvalue weighted by Crippen LogP contribution is -2.25. The molecule has 5 heteroatoms. The van der Waals surface area contributed by atoms with Crippen LogP contribution in [0.4, 0.5) is 0 Å². The Morgan fingerprint density at radius 1 is 1.12 bits per heavy atom. The summed E-state index contributed by atoms with van der Waals surface area (Å²) in [5.41, 5.74) is 6.25. The number of aromatic nitrogens is 2. The summed E-state index contributed by atoms with van der Waals surface area (Å²) in [6.45, 7) is 2.44. The van der Waals surface area contributed by atoms with Crippen molar-refractivity contribution in [1.29, 1.82) is 5.26 Å². The topological polar surface area (TPSA) is 73.9 Å². The van der Waals surface area contributed by atoms with Gasteiger partial charge in [0, 0.05) is 36.3 Å². The lowest BCUT2D eigenvalue weighted by Gasteiger charge is -2.16. The van der Waals surface area contributed by atoms with E-state index in [0.29, 0.717) is 12.1 Å². The predicted octanol–water partition coefficient (Wildman–Crippen LogP) is 2.82. The highest BCUT2D eigenvalue weighted by Crippen LogP contribution is 2.29. The van der Waals surface area contributed by atoms with E-state index in [1.54, 1.807) is 12.1 Å². The van der Waals surface area contributed by atoms with E-state index in [2.05, 4.69) is 16.1 Å². The minimum Gasteiger partial charge on any atom is -0.508 e. The molecule has 1 aliphatic rings. The molecule has 1 aromatic heterocycles. The maximum absolute atomic E-state index is 9.52. The van der Waals surface area contributed by atoms with Crippen molar-refractivity contribution in [1.82, 2.24) is 15.1 Å². The van der Waals surface area contributed by atoms with Gasteiger partial charge in [0.2, 0.25) is 0 Å². The Hall–Kier alpha value is -3.10. The summed E-state index contributed by atoms with van der Waals surface area (Å²) < 4.78 is 2.07. The molecule has 0 fully saturated rings. The van der Waals surface area contributed by atoms with Crippen molar-refractivity contribution in [2.45, 2.75) is 19.5 Å². The zero-order valence-electron chi connectivity index (χ0n) is 13.7. The Morgan fingerprint density at radius 2 is 1.88 bits per heavy atom. The van der Waals surface area contributed by atoms with E-state index in [1.165, 1.54) is 11.3 Å². The molecular weight excluding hydrogens is 312 g/mol. The van der Waals surface area contributed by atoms with Crippen LogP contribution in [0, 0.1) is 11.3 Å². The second-order valence-corrected chi connectivity index (χ2v) is 6.21. The monoisotopic (exact) mass is 330 g/mol. The zero-order valence-corrected chi connectivity index (χ0v) is 13.7. The standard InChI is InChI=1S/C20H18N4O/c21-11-14-1-3-15(4-2-14)13-24-19-9-10-22-12-18(19)20(23-24)16-5-7-17(25)8-6-16/h1-8,22,25H,9-10,12-13H2. The molecule has 1 aliphatic heterocycles. The number of fused-ring (bicyclic) bond motifs is 1. The van der Waals surface area contributed by atoms with Crippen molar-refractivity contribution in [3.63, 3.8) is 0 Å². The van der Waals surface area contributed by atoms with E-state index < -0.39 is 0 Å². The van der Waals surface area contributed by atoms with Crippen LogP contribution in [0.2, 0.25) is 0 Å². The lowest BCUT2D eigenvalue weighted by molar-refractivity contribution is 0.475.